The van der Waals surface area contributed by atoms with Gasteiger partial charge in [-0.25, -0.2) is 0 Å². The minimum Gasteiger partial charge on any atom is -0.355 e. The van der Waals surface area contributed by atoms with Gasteiger partial charge in [0.05, 0.1) is 0 Å². The van der Waals surface area contributed by atoms with Crippen LogP contribution in [0.3, 0.4) is 0 Å². The maximum Gasteiger partial charge on any atom is 0.255 e. The molecule has 3 heteroatoms. The van der Waals surface area contributed by atoms with E-state index in [2.05, 4.69) is 28.5 Å². The lowest BCUT2D eigenvalue weighted by atomic mass is 10.1. The monoisotopic (exact) mass is 326 g/mol. The van der Waals surface area contributed by atoms with Crippen molar-refractivity contribution in [2.75, 3.05) is 5.32 Å². The number of carbonyl (C=O) groups excluding carboxylic acids is 1. The van der Waals surface area contributed by atoms with Gasteiger partial charge in [0.2, 0.25) is 0 Å². The molecule has 0 aliphatic rings. The molecule has 0 spiro atoms. The average Bonchev–Trinajstić information content (AvgIpc) is 3.07. The van der Waals surface area contributed by atoms with Crippen LogP contribution in [-0.4, -0.2) is 10.9 Å². The number of anilines is 1. The summed E-state index contributed by atoms with van der Waals surface area (Å²) in [5.74, 6) is -0.103. The van der Waals surface area contributed by atoms with Crippen molar-refractivity contribution in [3.63, 3.8) is 0 Å². The van der Waals surface area contributed by atoms with Gasteiger partial charge in [0.1, 0.15) is 0 Å². The van der Waals surface area contributed by atoms with Crippen LogP contribution in [0.15, 0.2) is 78.9 Å². The number of H-pyrrole nitrogens is 1. The summed E-state index contributed by atoms with van der Waals surface area (Å²) in [6.07, 6.45) is 0. The van der Waals surface area contributed by atoms with Crippen LogP contribution in [0.2, 0.25) is 0 Å². The predicted octanol–water partition coefficient (Wildman–Crippen LogP) is 5.40. The molecule has 4 aromatic rings. The molecule has 4 rings (SSSR count). The van der Waals surface area contributed by atoms with Crippen molar-refractivity contribution in [1.29, 1.82) is 0 Å². The topological polar surface area (TPSA) is 44.9 Å². The summed E-state index contributed by atoms with van der Waals surface area (Å²) in [4.78, 5) is 15.8. The molecule has 0 unspecified atom stereocenters. The van der Waals surface area contributed by atoms with Crippen LogP contribution in [-0.2, 0) is 0 Å². The van der Waals surface area contributed by atoms with Gasteiger partial charge < -0.3 is 10.3 Å². The molecule has 3 aromatic carbocycles. The summed E-state index contributed by atoms with van der Waals surface area (Å²) in [5.41, 5.74) is 5.75. The van der Waals surface area contributed by atoms with Crippen molar-refractivity contribution in [1.82, 2.24) is 4.98 Å². The highest BCUT2D eigenvalue weighted by Gasteiger charge is 2.08. The van der Waals surface area contributed by atoms with Gasteiger partial charge >= 0.3 is 0 Å². The van der Waals surface area contributed by atoms with Crippen LogP contribution in [0.1, 0.15) is 15.9 Å². The van der Waals surface area contributed by atoms with E-state index in [9.17, 15) is 4.79 Å². The Bertz CT molecular complexity index is 1010. The average molecular weight is 326 g/mol. The minimum absolute atomic E-state index is 0.103. The zero-order valence-electron chi connectivity index (χ0n) is 13.9. The van der Waals surface area contributed by atoms with Gasteiger partial charge in [-0.15, -0.1) is 0 Å². The van der Waals surface area contributed by atoms with E-state index in [4.69, 9.17) is 0 Å². The minimum atomic E-state index is -0.103. The molecule has 0 fully saturated rings. The molecule has 0 atom stereocenters. The van der Waals surface area contributed by atoms with Crippen molar-refractivity contribution in [2.45, 2.75) is 6.92 Å². The first-order chi connectivity index (χ1) is 12.2. The smallest absolute Gasteiger partial charge is 0.255 e. The number of carbonyl (C=O) groups is 1. The summed E-state index contributed by atoms with van der Waals surface area (Å²) in [7, 11) is 0. The van der Waals surface area contributed by atoms with E-state index in [-0.39, 0.29) is 5.91 Å². The highest BCUT2D eigenvalue weighted by atomic mass is 16.1. The normalized spacial score (nSPS) is 10.8. The lowest BCUT2D eigenvalue weighted by Crippen LogP contribution is -2.11. The molecule has 0 bridgehead atoms. The van der Waals surface area contributed by atoms with Gasteiger partial charge in [-0.3, -0.25) is 4.79 Å². The van der Waals surface area contributed by atoms with E-state index in [1.807, 2.05) is 67.6 Å². The standard InChI is InChI=1S/C22H18N2O/c1-15-9-11-16(12-10-15)22(25)23-19-7-4-6-17(13-19)21-14-18-5-2-3-8-20(18)24-21/h2-14,24H,1H3,(H,23,25). The number of fused-ring (bicyclic) bond motifs is 1. The highest BCUT2D eigenvalue weighted by Crippen LogP contribution is 2.26. The lowest BCUT2D eigenvalue weighted by Gasteiger charge is -2.07. The fourth-order valence-electron chi connectivity index (χ4n) is 2.90. The third kappa shape index (κ3) is 3.17. The Morgan fingerprint density at radius 1 is 0.880 bits per heavy atom. The fourth-order valence-corrected chi connectivity index (χ4v) is 2.90. The first kappa shape index (κ1) is 15.2. The molecule has 0 aliphatic carbocycles. The molecule has 25 heavy (non-hydrogen) atoms. The zero-order chi connectivity index (χ0) is 17.2. The van der Waals surface area contributed by atoms with Crippen molar-refractivity contribution < 1.29 is 4.79 Å². The van der Waals surface area contributed by atoms with E-state index in [1.165, 1.54) is 5.39 Å². The van der Waals surface area contributed by atoms with Crippen molar-refractivity contribution in [3.05, 3.63) is 90.0 Å². The van der Waals surface area contributed by atoms with Crippen LogP contribution >= 0.6 is 0 Å². The second kappa shape index (κ2) is 6.29. The second-order valence-corrected chi connectivity index (χ2v) is 6.17. The maximum absolute atomic E-state index is 12.4. The number of aromatic nitrogens is 1. The van der Waals surface area contributed by atoms with E-state index in [0.717, 1.165) is 28.0 Å². The Hall–Kier alpha value is -3.33. The molecular formula is C22H18N2O. The van der Waals surface area contributed by atoms with Gasteiger partial charge in [0.15, 0.2) is 0 Å². The van der Waals surface area contributed by atoms with Crippen LogP contribution in [0, 0.1) is 6.92 Å². The summed E-state index contributed by atoms with van der Waals surface area (Å²) in [5, 5.41) is 4.14. The Kier molecular flexibility index (Phi) is 3.82. The number of hydrogen-bond acceptors (Lipinski definition) is 1. The third-order valence-electron chi connectivity index (χ3n) is 4.28. The number of nitrogens with one attached hydrogen (secondary N) is 2. The van der Waals surface area contributed by atoms with Crippen molar-refractivity contribution in [2.24, 2.45) is 0 Å². The Labute approximate surface area is 146 Å². The highest BCUT2D eigenvalue weighted by molar-refractivity contribution is 6.04. The number of para-hydroxylation sites is 1. The van der Waals surface area contributed by atoms with Crippen LogP contribution in [0.5, 0.6) is 0 Å². The summed E-state index contributed by atoms with van der Waals surface area (Å²) < 4.78 is 0. The van der Waals surface area contributed by atoms with Crippen molar-refractivity contribution >= 4 is 22.5 Å². The van der Waals surface area contributed by atoms with Gasteiger partial charge in [-0.05, 0) is 43.3 Å². The van der Waals surface area contributed by atoms with Gasteiger partial charge in [-0.1, -0.05) is 48.0 Å². The van der Waals surface area contributed by atoms with E-state index >= 15 is 0 Å². The molecule has 1 heterocycles. The summed E-state index contributed by atoms with van der Waals surface area (Å²) >= 11 is 0. The number of benzene rings is 3. The largest absolute Gasteiger partial charge is 0.355 e. The maximum atomic E-state index is 12.4. The van der Waals surface area contributed by atoms with Crippen LogP contribution < -0.4 is 5.32 Å². The number of rotatable bonds is 3. The number of aromatic amines is 1. The quantitative estimate of drug-likeness (QED) is 0.520. The fraction of sp³-hybridized carbons (Fsp3) is 0.0455. The number of hydrogen-bond donors (Lipinski definition) is 2. The van der Waals surface area contributed by atoms with E-state index < -0.39 is 0 Å². The lowest BCUT2D eigenvalue weighted by molar-refractivity contribution is 0.102. The zero-order valence-corrected chi connectivity index (χ0v) is 13.9. The molecule has 0 radical (unpaired) electrons. The van der Waals surface area contributed by atoms with E-state index in [1.54, 1.807) is 0 Å². The molecule has 1 aromatic heterocycles. The molecule has 3 nitrogen and oxygen atoms in total. The number of aryl methyl sites for hydroxylation is 1. The van der Waals surface area contributed by atoms with Gasteiger partial charge in [0, 0.05) is 33.4 Å². The Morgan fingerprint density at radius 3 is 2.48 bits per heavy atom. The molecule has 0 saturated carbocycles. The second-order valence-electron chi connectivity index (χ2n) is 6.17. The number of amides is 1. The third-order valence-corrected chi connectivity index (χ3v) is 4.28. The molecule has 1 amide bonds. The van der Waals surface area contributed by atoms with Crippen LogP contribution in [0.4, 0.5) is 5.69 Å². The van der Waals surface area contributed by atoms with Gasteiger partial charge in [-0.2, -0.15) is 0 Å². The molecule has 2 N–H and O–H groups in total. The summed E-state index contributed by atoms with van der Waals surface area (Å²) in [6.45, 7) is 2.01. The van der Waals surface area contributed by atoms with Crippen LogP contribution in [0.25, 0.3) is 22.2 Å². The van der Waals surface area contributed by atoms with Gasteiger partial charge in [0.25, 0.3) is 5.91 Å². The Morgan fingerprint density at radius 2 is 1.68 bits per heavy atom. The first-order valence-electron chi connectivity index (χ1n) is 8.25. The molecule has 122 valence electrons. The SMILES string of the molecule is Cc1ccc(C(=O)Nc2cccc(-c3cc4ccccc4[nH]3)c2)cc1. The Balaban J connectivity index is 1.60. The summed E-state index contributed by atoms with van der Waals surface area (Å²) in [6, 6.07) is 25.7. The van der Waals surface area contributed by atoms with E-state index in [0.29, 0.717) is 5.56 Å². The predicted molar refractivity (Wildman–Crippen MR) is 103 cm³/mol. The molecule has 0 aliphatic heterocycles. The first-order valence-corrected chi connectivity index (χ1v) is 8.25. The van der Waals surface area contributed by atoms with Crippen molar-refractivity contribution in [3.8, 4) is 11.3 Å². The molecular weight excluding hydrogens is 308 g/mol. The molecule has 0 saturated heterocycles.